The standard InChI is InChI=1S/C11H10BrNO2/c1-2-7-3-8(5-10(14)15)11(12)9(4-7)6-13/h3-4H,2,5H2,1H3,(H,14,15). The van der Waals surface area contributed by atoms with Crippen LogP contribution in [0, 0.1) is 11.3 Å². The topological polar surface area (TPSA) is 61.1 Å². The van der Waals surface area contributed by atoms with Crippen LogP contribution in [0.25, 0.3) is 0 Å². The van der Waals surface area contributed by atoms with E-state index in [1.807, 2.05) is 19.1 Å². The lowest BCUT2D eigenvalue weighted by atomic mass is 10.0. The first-order chi connectivity index (χ1) is 7.08. The van der Waals surface area contributed by atoms with E-state index in [1.54, 1.807) is 6.07 Å². The molecule has 0 heterocycles. The Morgan fingerprint density at radius 1 is 1.60 bits per heavy atom. The Kier molecular flexibility index (Phi) is 3.87. The van der Waals surface area contributed by atoms with Gasteiger partial charge in [0, 0.05) is 4.47 Å². The fourth-order valence-electron chi connectivity index (χ4n) is 1.33. The molecule has 3 nitrogen and oxygen atoms in total. The number of carboxylic acids is 1. The number of hydrogen-bond donors (Lipinski definition) is 1. The van der Waals surface area contributed by atoms with Gasteiger partial charge in [-0.3, -0.25) is 4.79 Å². The zero-order valence-electron chi connectivity index (χ0n) is 8.25. The summed E-state index contributed by atoms with van der Waals surface area (Å²) in [5.41, 5.74) is 2.12. The summed E-state index contributed by atoms with van der Waals surface area (Å²) in [6.07, 6.45) is 0.720. The highest BCUT2D eigenvalue weighted by molar-refractivity contribution is 9.10. The van der Waals surface area contributed by atoms with Gasteiger partial charge in [-0.25, -0.2) is 0 Å². The molecule has 78 valence electrons. The summed E-state index contributed by atoms with van der Waals surface area (Å²) < 4.78 is 0.588. The maximum Gasteiger partial charge on any atom is 0.307 e. The summed E-state index contributed by atoms with van der Waals surface area (Å²) in [6, 6.07) is 5.64. The number of halogens is 1. The Bertz CT molecular complexity index is 435. The summed E-state index contributed by atoms with van der Waals surface area (Å²) >= 11 is 3.25. The van der Waals surface area contributed by atoms with Crippen LogP contribution in [0.15, 0.2) is 16.6 Å². The first kappa shape index (κ1) is 11.7. The Morgan fingerprint density at radius 3 is 2.73 bits per heavy atom. The van der Waals surface area contributed by atoms with Crippen LogP contribution in [0.5, 0.6) is 0 Å². The molecule has 0 atom stereocenters. The van der Waals surface area contributed by atoms with Crippen LogP contribution >= 0.6 is 15.9 Å². The minimum Gasteiger partial charge on any atom is -0.481 e. The van der Waals surface area contributed by atoms with Crippen LogP contribution in [-0.4, -0.2) is 11.1 Å². The smallest absolute Gasteiger partial charge is 0.307 e. The summed E-state index contributed by atoms with van der Waals surface area (Å²) in [4.78, 5) is 10.6. The van der Waals surface area contributed by atoms with Crippen LogP contribution in [-0.2, 0) is 17.6 Å². The van der Waals surface area contributed by atoms with E-state index < -0.39 is 5.97 Å². The minimum absolute atomic E-state index is 0.0664. The Hall–Kier alpha value is -1.34. The monoisotopic (exact) mass is 267 g/mol. The molecule has 4 heteroatoms. The molecule has 0 saturated heterocycles. The van der Waals surface area contributed by atoms with Gasteiger partial charge < -0.3 is 5.11 Å². The Balaban J connectivity index is 3.25. The molecule has 15 heavy (non-hydrogen) atoms. The van der Waals surface area contributed by atoms with Gasteiger partial charge in [-0.05, 0) is 39.5 Å². The number of aliphatic carboxylic acids is 1. The van der Waals surface area contributed by atoms with Crippen molar-refractivity contribution in [3.05, 3.63) is 33.3 Å². The highest BCUT2D eigenvalue weighted by atomic mass is 79.9. The molecule has 0 spiro atoms. The number of rotatable bonds is 3. The quantitative estimate of drug-likeness (QED) is 0.916. The van der Waals surface area contributed by atoms with Crippen molar-refractivity contribution in [3.8, 4) is 6.07 Å². The van der Waals surface area contributed by atoms with Crippen molar-refractivity contribution < 1.29 is 9.90 Å². The van der Waals surface area contributed by atoms with Crippen molar-refractivity contribution in [3.63, 3.8) is 0 Å². The fourth-order valence-corrected chi connectivity index (χ4v) is 1.79. The third kappa shape index (κ3) is 2.80. The number of carboxylic acid groups (broad SMARTS) is 1. The summed E-state index contributed by atoms with van der Waals surface area (Å²) in [6.45, 7) is 1.97. The molecule has 0 bridgehead atoms. The second-order valence-corrected chi connectivity index (χ2v) is 3.95. The van der Waals surface area contributed by atoms with Gasteiger partial charge >= 0.3 is 5.97 Å². The molecule has 0 amide bonds. The van der Waals surface area contributed by atoms with Gasteiger partial charge in [-0.1, -0.05) is 13.0 Å². The van der Waals surface area contributed by atoms with Crippen molar-refractivity contribution in [2.24, 2.45) is 0 Å². The molecular formula is C11H10BrNO2. The van der Waals surface area contributed by atoms with Gasteiger partial charge in [-0.2, -0.15) is 5.26 Å². The zero-order valence-corrected chi connectivity index (χ0v) is 9.84. The second kappa shape index (κ2) is 4.94. The molecular weight excluding hydrogens is 258 g/mol. The molecule has 0 radical (unpaired) electrons. The van der Waals surface area contributed by atoms with Crippen LogP contribution in [0.4, 0.5) is 0 Å². The molecule has 0 aliphatic heterocycles. The first-order valence-electron chi connectivity index (χ1n) is 4.51. The van der Waals surface area contributed by atoms with Crippen LogP contribution in [0.3, 0.4) is 0 Å². The molecule has 1 N–H and O–H groups in total. The highest BCUT2D eigenvalue weighted by Crippen LogP contribution is 2.24. The average molecular weight is 268 g/mol. The number of aryl methyl sites for hydroxylation is 1. The van der Waals surface area contributed by atoms with Crippen LogP contribution in [0.1, 0.15) is 23.6 Å². The van der Waals surface area contributed by atoms with Gasteiger partial charge in [0.05, 0.1) is 12.0 Å². The van der Waals surface area contributed by atoms with Crippen molar-refractivity contribution >= 4 is 21.9 Å². The molecule has 0 aromatic heterocycles. The fraction of sp³-hybridized carbons (Fsp3) is 0.273. The van der Waals surface area contributed by atoms with E-state index in [0.29, 0.717) is 15.6 Å². The van der Waals surface area contributed by atoms with E-state index in [-0.39, 0.29) is 6.42 Å². The molecule has 0 unspecified atom stereocenters. The molecule has 1 rings (SSSR count). The van der Waals surface area contributed by atoms with Crippen molar-refractivity contribution in [2.45, 2.75) is 19.8 Å². The number of nitriles is 1. The van der Waals surface area contributed by atoms with Gasteiger partial charge in [0.25, 0.3) is 0 Å². The van der Waals surface area contributed by atoms with E-state index in [4.69, 9.17) is 10.4 Å². The summed E-state index contributed by atoms with van der Waals surface area (Å²) in [7, 11) is 0. The number of benzene rings is 1. The molecule has 0 saturated carbocycles. The summed E-state index contributed by atoms with van der Waals surface area (Å²) in [5, 5.41) is 17.6. The maximum absolute atomic E-state index is 10.6. The third-order valence-corrected chi connectivity index (χ3v) is 3.01. The van der Waals surface area contributed by atoms with Crippen LogP contribution < -0.4 is 0 Å². The lowest BCUT2D eigenvalue weighted by Gasteiger charge is -2.06. The first-order valence-corrected chi connectivity index (χ1v) is 5.31. The van der Waals surface area contributed by atoms with E-state index in [2.05, 4.69) is 15.9 Å². The number of carbonyl (C=O) groups is 1. The Labute approximate surface area is 96.5 Å². The minimum atomic E-state index is -0.896. The van der Waals surface area contributed by atoms with E-state index >= 15 is 0 Å². The second-order valence-electron chi connectivity index (χ2n) is 3.15. The predicted molar refractivity (Wildman–Crippen MR) is 59.6 cm³/mol. The lowest BCUT2D eigenvalue weighted by Crippen LogP contribution is -2.02. The van der Waals surface area contributed by atoms with Crippen molar-refractivity contribution in [1.82, 2.24) is 0 Å². The summed E-state index contributed by atoms with van der Waals surface area (Å²) in [5.74, 6) is -0.896. The van der Waals surface area contributed by atoms with Gasteiger partial charge in [0.2, 0.25) is 0 Å². The molecule has 1 aromatic carbocycles. The highest BCUT2D eigenvalue weighted by Gasteiger charge is 2.10. The zero-order chi connectivity index (χ0) is 11.4. The van der Waals surface area contributed by atoms with Crippen LogP contribution in [0.2, 0.25) is 0 Å². The largest absolute Gasteiger partial charge is 0.481 e. The van der Waals surface area contributed by atoms with Gasteiger partial charge in [0.15, 0.2) is 0 Å². The molecule has 0 aliphatic rings. The normalized spacial score (nSPS) is 9.67. The van der Waals surface area contributed by atoms with Crippen molar-refractivity contribution in [2.75, 3.05) is 0 Å². The Morgan fingerprint density at radius 2 is 2.27 bits per heavy atom. The SMILES string of the molecule is CCc1cc(C#N)c(Br)c(CC(=O)O)c1. The van der Waals surface area contributed by atoms with E-state index in [1.165, 1.54) is 0 Å². The predicted octanol–water partition coefficient (Wildman–Crippen LogP) is 2.51. The number of hydrogen-bond acceptors (Lipinski definition) is 2. The van der Waals surface area contributed by atoms with Gasteiger partial charge in [-0.15, -0.1) is 0 Å². The van der Waals surface area contributed by atoms with Gasteiger partial charge in [0.1, 0.15) is 6.07 Å². The molecule has 0 aliphatic carbocycles. The van der Waals surface area contributed by atoms with E-state index in [9.17, 15) is 4.79 Å². The maximum atomic E-state index is 10.6. The van der Waals surface area contributed by atoms with E-state index in [0.717, 1.165) is 12.0 Å². The average Bonchev–Trinajstić information content (AvgIpc) is 2.20. The third-order valence-electron chi connectivity index (χ3n) is 2.08. The molecule has 0 fully saturated rings. The van der Waals surface area contributed by atoms with Crippen molar-refractivity contribution in [1.29, 1.82) is 5.26 Å². The lowest BCUT2D eigenvalue weighted by molar-refractivity contribution is -0.136. The number of nitrogens with zero attached hydrogens (tertiary/aromatic N) is 1. The molecule has 1 aromatic rings.